The number of fused-ring (bicyclic) bond motifs is 5. The molecule has 2 aromatic heterocycles. The zero-order valence-corrected chi connectivity index (χ0v) is 14.7. The van der Waals surface area contributed by atoms with Gasteiger partial charge in [-0.25, -0.2) is 9.78 Å². The highest BCUT2D eigenvalue weighted by molar-refractivity contribution is 5.87. The predicted octanol–water partition coefficient (Wildman–Crippen LogP) is 1.66. The highest BCUT2D eigenvalue weighted by Crippen LogP contribution is 2.38. The van der Waals surface area contributed by atoms with E-state index in [9.17, 15) is 14.7 Å². The number of hydrogen-bond acceptors (Lipinski definition) is 6. The molecule has 7 nitrogen and oxygen atoms in total. The Morgan fingerprint density at radius 1 is 1.30 bits per heavy atom. The number of hydrogen-bond donors (Lipinski definition) is 2. The Morgan fingerprint density at radius 2 is 2.11 bits per heavy atom. The number of ether oxygens (including phenoxy) is 1. The lowest BCUT2D eigenvalue weighted by Crippen LogP contribution is -2.44. The SMILES string of the molecule is CC[C@@]1(O)C(=O)OCc2c1cc1n(c2=O)Cc2cc3ccc(N)cc3nc2-1. The lowest BCUT2D eigenvalue weighted by molar-refractivity contribution is -0.172. The van der Waals surface area contributed by atoms with Gasteiger partial charge in [0.25, 0.3) is 5.56 Å². The van der Waals surface area contributed by atoms with Crippen LogP contribution in [-0.4, -0.2) is 20.6 Å². The van der Waals surface area contributed by atoms with Crippen LogP contribution in [0.1, 0.15) is 30.0 Å². The first kappa shape index (κ1) is 16.0. The van der Waals surface area contributed by atoms with Crippen molar-refractivity contribution in [1.29, 1.82) is 0 Å². The summed E-state index contributed by atoms with van der Waals surface area (Å²) in [5.41, 5.74) is 7.97. The number of aromatic nitrogens is 2. The Morgan fingerprint density at radius 3 is 2.89 bits per heavy atom. The number of nitrogens with zero attached hydrogens (tertiary/aromatic N) is 2. The van der Waals surface area contributed by atoms with E-state index >= 15 is 0 Å². The molecule has 0 unspecified atom stereocenters. The molecule has 0 spiro atoms. The van der Waals surface area contributed by atoms with Crippen molar-refractivity contribution >= 4 is 22.6 Å². The predicted molar refractivity (Wildman–Crippen MR) is 98.9 cm³/mol. The van der Waals surface area contributed by atoms with Crippen molar-refractivity contribution in [2.24, 2.45) is 0 Å². The van der Waals surface area contributed by atoms with Crippen LogP contribution in [0.25, 0.3) is 22.3 Å². The number of anilines is 1. The third kappa shape index (κ3) is 2.03. The monoisotopic (exact) mass is 363 g/mol. The molecule has 3 N–H and O–H groups in total. The molecule has 0 aliphatic carbocycles. The molecule has 27 heavy (non-hydrogen) atoms. The van der Waals surface area contributed by atoms with Crippen LogP contribution in [0.4, 0.5) is 5.69 Å². The van der Waals surface area contributed by atoms with E-state index in [0.717, 1.165) is 16.5 Å². The summed E-state index contributed by atoms with van der Waals surface area (Å²) < 4.78 is 6.69. The number of rotatable bonds is 1. The topological polar surface area (TPSA) is 107 Å². The minimum absolute atomic E-state index is 0.121. The van der Waals surface area contributed by atoms with Crippen molar-refractivity contribution < 1.29 is 14.6 Å². The average molecular weight is 363 g/mol. The van der Waals surface area contributed by atoms with Crippen molar-refractivity contribution in [2.45, 2.75) is 32.1 Å². The average Bonchev–Trinajstić information content (AvgIpc) is 3.01. The number of pyridine rings is 2. The summed E-state index contributed by atoms with van der Waals surface area (Å²) in [4.78, 5) is 29.9. The summed E-state index contributed by atoms with van der Waals surface area (Å²) in [6, 6.07) is 9.20. The molecule has 0 saturated carbocycles. The van der Waals surface area contributed by atoms with E-state index in [1.54, 1.807) is 23.6 Å². The van der Waals surface area contributed by atoms with Gasteiger partial charge in [-0.05, 0) is 30.7 Å². The second kappa shape index (κ2) is 5.17. The minimum atomic E-state index is -1.81. The highest BCUT2D eigenvalue weighted by atomic mass is 16.6. The van der Waals surface area contributed by atoms with Crippen LogP contribution in [0, 0.1) is 0 Å². The molecule has 2 aliphatic rings. The van der Waals surface area contributed by atoms with Gasteiger partial charge in [-0.2, -0.15) is 0 Å². The number of aliphatic hydroxyl groups is 1. The van der Waals surface area contributed by atoms with Crippen molar-refractivity contribution in [2.75, 3.05) is 5.73 Å². The molecular formula is C20H17N3O4. The number of carbonyl (C=O) groups is 1. The molecule has 1 aromatic carbocycles. The molecule has 3 aromatic rings. The largest absolute Gasteiger partial charge is 0.458 e. The molecule has 4 heterocycles. The number of cyclic esters (lactones) is 1. The number of carbonyl (C=O) groups excluding carboxylic acids is 1. The van der Waals surface area contributed by atoms with Gasteiger partial charge in [-0.15, -0.1) is 0 Å². The molecule has 0 radical (unpaired) electrons. The van der Waals surface area contributed by atoms with Crippen LogP contribution >= 0.6 is 0 Å². The Kier molecular flexibility index (Phi) is 3.07. The molecule has 0 fully saturated rings. The van der Waals surface area contributed by atoms with Crippen LogP contribution in [-0.2, 0) is 28.3 Å². The van der Waals surface area contributed by atoms with Crippen molar-refractivity contribution in [1.82, 2.24) is 9.55 Å². The van der Waals surface area contributed by atoms with Gasteiger partial charge in [0, 0.05) is 22.2 Å². The maximum Gasteiger partial charge on any atom is 0.343 e. The van der Waals surface area contributed by atoms with E-state index < -0.39 is 11.6 Å². The summed E-state index contributed by atoms with van der Waals surface area (Å²) >= 11 is 0. The van der Waals surface area contributed by atoms with E-state index in [-0.39, 0.29) is 18.6 Å². The van der Waals surface area contributed by atoms with Crippen molar-refractivity contribution in [3.05, 3.63) is 57.4 Å². The summed E-state index contributed by atoms with van der Waals surface area (Å²) in [6.07, 6.45) is 0.121. The smallest absolute Gasteiger partial charge is 0.343 e. The summed E-state index contributed by atoms with van der Waals surface area (Å²) in [5.74, 6) is -0.723. The summed E-state index contributed by atoms with van der Waals surface area (Å²) in [7, 11) is 0. The molecule has 5 rings (SSSR count). The minimum Gasteiger partial charge on any atom is -0.458 e. The van der Waals surface area contributed by atoms with Crippen molar-refractivity contribution in [3.63, 3.8) is 0 Å². The molecule has 0 bridgehead atoms. The van der Waals surface area contributed by atoms with Crippen molar-refractivity contribution in [3.8, 4) is 11.4 Å². The van der Waals surface area contributed by atoms with Crippen LogP contribution in [0.3, 0.4) is 0 Å². The normalized spacial score (nSPS) is 20.1. The number of esters is 1. The molecule has 136 valence electrons. The van der Waals surface area contributed by atoms with Gasteiger partial charge in [0.1, 0.15) is 6.61 Å². The van der Waals surface area contributed by atoms with Crippen LogP contribution < -0.4 is 11.3 Å². The Bertz CT molecular complexity index is 1210. The van der Waals surface area contributed by atoms with E-state index in [0.29, 0.717) is 34.7 Å². The third-order valence-corrected chi connectivity index (χ3v) is 5.53. The third-order valence-electron chi connectivity index (χ3n) is 5.53. The van der Waals surface area contributed by atoms with Gasteiger partial charge in [-0.1, -0.05) is 13.0 Å². The highest BCUT2D eigenvalue weighted by Gasteiger charge is 2.45. The van der Waals surface area contributed by atoms with Gasteiger partial charge >= 0.3 is 5.97 Å². The first-order valence-corrected chi connectivity index (χ1v) is 8.78. The summed E-state index contributed by atoms with van der Waals surface area (Å²) in [5, 5.41) is 11.8. The molecule has 2 aliphatic heterocycles. The number of benzene rings is 1. The Balaban J connectivity index is 1.80. The lowest BCUT2D eigenvalue weighted by atomic mass is 9.86. The Hall–Kier alpha value is -3.19. The molecule has 1 atom stereocenters. The second-order valence-corrected chi connectivity index (χ2v) is 7.05. The fourth-order valence-electron chi connectivity index (χ4n) is 3.99. The standard InChI is InChI=1S/C20H17N3O4/c1-2-20(26)14-7-16-17-11(5-10-3-4-12(21)6-15(10)22-17)8-23(16)18(24)13(14)9-27-19(20)25/h3-7,26H,2,8-9,21H2,1H3/t20-/m0/s1. The lowest BCUT2D eigenvalue weighted by Gasteiger charge is -2.31. The Labute approximate surface area is 154 Å². The van der Waals surface area contributed by atoms with E-state index in [1.807, 2.05) is 18.2 Å². The van der Waals surface area contributed by atoms with Gasteiger partial charge in [0.15, 0.2) is 5.60 Å². The van der Waals surface area contributed by atoms with Gasteiger partial charge in [0.2, 0.25) is 0 Å². The van der Waals surface area contributed by atoms with E-state index in [4.69, 9.17) is 15.5 Å². The van der Waals surface area contributed by atoms with Crippen LogP contribution in [0.5, 0.6) is 0 Å². The second-order valence-electron chi connectivity index (χ2n) is 7.05. The maximum atomic E-state index is 13.0. The fraction of sp³-hybridized carbons (Fsp3) is 0.250. The molecule has 0 saturated heterocycles. The summed E-state index contributed by atoms with van der Waals surface area (Å²) in [6.45, 7) is 1.95. The zero-order chi connectivity index (χ0) is 18.9. The first-order chi connectivity index (χ1) is 12.9. The van der Waals surface area contributed by atoms with Gasteiger partial charge in [0.05, 0.1) is 29.0 Å². The molecular weight excluding hydrogens is 346 g/mol. The molecule has 0 amide bonds. The van der Waals surface area contributed by atoms with Crippen LogP contribution in [0.15, 0.2) is 35.1 Å². The van der Waals surface area contributed by atoms with E-state index in [1.165, 1.54) is 0 Å². The van der Waals surface area contributed by atoms with Gasteiger partial charge < -0.3 is 20.1 Å². The zero-order valence-electron chi connectivity index (χ0n) is 14.7. The van der Waals surface area contributed by atoms with Gasteiger partial charge in [-0.3, -0.25) is 4.79 Å². The quantitative estimate of drug-likeness (QED) is 0.393. The fourth-order valence-corrected chi connectivity index (χ4v) is 3.99. The maximum absolute atomic E-state index is 13.0. The molecule has 7 heteroatoms. The first-order valence-electron chi connectivity index (χ1n) is 8.78. The van der Waals surface area contributed by atoms with Crippen LogP contribution in [0.2, 0.25) is 0 Å². The van der Waals surface area contributed by atoms with E-state index in [2.05, 4.69) is 0 Å². The number of nitrogens with two attached hydrogens (primary N) is 1. The number of nitrogen functional groups attached to an aromatic ring is 1.